The molecule has 5 heteroatoms. The normalized spacial score (nSPS) is 10.3. The van der Waals surface area contributed by atoms with Crippen LogP contribution in [0.1, 0.15) is 37.0 Å². The van der Waals surface area contributed by atoms with Gasteiger partial charge in [0, 0.05) is 13.0 Å². The number of carbonyl (C=O) groups excluding carboxylic acids is 2. The summed E-state index contributed by atoms with van der Waals surface area (Å²) in [6.07, 6.45) is 0.356. The summed E-state index contributed by atoms with van der Waals surface area (Å²) in [6, 6.07) is 6.15. The molecule has 0 saturated carbocycles. The van der Waals surface area contributed by atoms with Gasteiger partial charge in [-0.05, 0) is 44.5 Å². The first-order valence-corrected chi connectivity index (χ1v) is 6.15. The molecule has 0 bridgehead atoms. The van der Waals surface area contributed by atoms with Crippen LogP contribution in [0.4, 0.5) is 0 Å². The monoisotopic (exact) mass is 266 g/mol. The summed E-state index contributed by atoms with van der Waals surface area (Å²) in [5, 5.41) is 8.59. The van der Waals surface area contributed by atoms with Gasteiger partial charge in [-0.25, -0.2) is 4.79 Å². The molecule has 19 heavy (non-hydrogen) atoms. The molecule has 104 valence electrons. The standard InChI is InChI=1S/C14H18O5/c1-10(2)18-14(17)11-5-7-12(8-6-11)19-13(16)4-3-9-15/h5-8,10,15H,3-4,9H2,1-2H3. The van der Waals surface area contributed by atoms with E-state index in [0.717, 1.165) is 0 Å². The molecule has 0 unspecified atom stereocenters. The van der Waals surface area contributed by atoms with Crippen molar-refractivity contribution in [1.82, 2.24) is 0 Å². The number of hydrogen-bond donors (Lipinski definition) is 1. The Morgan fingerprint density at radius 2 is 1.84 bits per heavy atom. The predicted molar refractivity (Wildman–Crippen MR) is 68.9 cm³/mol. The lowest BCUT2D eigenvalue weighted by atomic mass is 10.2. The maximum absolute atomic E-state index is 11.6. The molecule has 0 saturated heterocycles. The van der Waals surface area contributed by atoms with Crippen molar-refractivity contribution in [2.24, 2.45) is 0 Å². The van der Waals surface area contributed by atoms with E-state index in [4.69, 9.17) is 14.6 Å². The fraction of sp³-hybridized carbons (Fsp3) is 0.429. The molecule has 0 radical (unpaired) electrons. The van der Waals surface area contributed by atoms with Crippen LogP contribution in [0.5, 0.6) is 5.75 Å². The maximum atomic E-state index is 11.6. The summed E-state index contributed by atoms with van der Waals surface area (Å²) >= 11 is 0. The van der Waals surface area contributed by atoms with Gasteiger partial charge >= 0.3 is 11.9 Å². The Morgan fingerprint density at radius 3 is 2.37 bits per heavy atom. The van der Waals surface area contributed by atoms with Crippen molar-refractivity contribution in [2.45, 2.75) is 32.8 Å². The van der Waals surface area contributed by atoms with Crippen LogP contribution in [0.25, 0.3) is 0 Å². The molecule has 1 aromatic carbocycles. The topological polar surface area (TPSA) is 72.8 Å². The lowest BCUT2D eigenvalue weighted by Crippen LogP contribution is -2.12. The van der Waals surface area contributed by atoms with Crippen molar-refractivity contribution in [3.63, 3.8) is 0 Å². The number of carbonyl (C=O) groups is 2. The van der Waals surface area contributed by atoms with Crippen molar-refractivity contribution in [3.8, 4) is 5.75 Å². The number of hydrogen-bond acceptors (Lipinski definition) is 5. The van der Waals surface area contributed by atoms with E-state index in [9.17, 15) is 9.59 Å². The molecule has 0 aliphatic heterocycles. The van der Waals surface area contributed by atoms with Crippen LogP contribution in [0.15, 0.2) is 24.3 Å². The second-order valence-electron chi connectivity index (χ2n) is 4.28. The van der Waals surface area contributed by atoms with Crippen LogP contribution in [0.3, 0.4) is 0 Å². The van der Waals surface area contributed by atoms with Gasteiger partial charge in [0.25, 0.3) is 0 Å². The van der Waals surface area contributed by atoms with Crippen molar-refractivity contribution in [2.75, 3.05) is 6.61 Å². The summed E-state index contributed by atoms with van der Waals surface area (Å²) in [6.45, 7) is 3.50. The largest absolute Gasteiger partial charge is 0.459 e. The Kier molecular flexibility index (Phi) is 6.02. The second-order valence-corrected chi connectivity index (χ2v) is 4.28. The molecule has 0 aliphatic carbocycles. The Bertz CT molecular complexity index is 422. The van der Waals surface area contributed by atoms with Crippen LogP contribution < -0.4 is 4.74 Å². The van der Waals surface area contributed by atoms with Crippen molar-refractivity contribution in [3.05, 3.63) is 29.8 Å². The molecule has 0 aromatic heterocycles. The lowest BCUT2D eigenvalue weighted by molar-refractivity contribution is -0.134. The van der Waals surface area contributed by atoms with Gasteiger partial charge in [-0.15, -0.1) is 0 Å². The van der Waals surface area contributed by atoms with Crippen LogP contribution in [-0.2, 0) is 9.53 Å². The Balaban J connectivity index is 2.56. The molecule has 0 atom stereocenters. The van der Waals surface area contributed by atoms with Crippen molar-refractivity contribution >= 4 is 11.9 Å². The highest BCUT2D eigenvalue weighted by molar-refractivity contribution is 5.89. The Hall–Kier alpha value is -1.88. The molecule has 1 N–H and O–H groups in total. The predicted octanol–water partition coefficient (Wildman–Crippen LogP) is 1.93. The molecular weight excluding hydrogens is 248 g/mol. The van der Waals surface area contributed by atoms with E-state index in [2.05, 4.69) is 0 Å². The SMILES string of the molecule is CC(C)OC(=O)c1ccc(OC(=O)CCCO)cc1. The minimum atomic E-state index is -0.411. The van der Waals surface area contributed by atoms with Crippen LogP contribution >= 0.6 is 0 Å². The third-order valence-corrected chi connectivity index (χ3v) is 2.20. The molecule has 5 nitrogen and oxygen atoms in total. The molecule has 0 fully saturated rings. The molecule has 1 rings (SSSR count). The summed E-state index contributed by atoms with van der Waals surface area (Å²) in [5.74, 6) is -0.455. The van der Waals surface area contributed by atoms with E-state index in [0.29, 0.717) is 17.7 Å². The summed E-state index contributed by atoms with van der Waals surface area (Å²) in [5.41, 5.74) is 0.406. The molecule has 0 spiro atoms. The number of rotatable bonds is 6. The minimum Gasteiger partial charge on any atom is -0.459 e. The van der Waals surface area contributed by atoms with Crippen LogP contribution in [0.2, 0.25) is 0 Å². The highest BCUT2D eigenvalue weighted by atomic mass is 16.5. The van der Waals surface area contributed by atoms with Gasteiger partial charge < -0.3 is 14.6 Å². The summed E-state index contributed by atoms with van der Waals surface area (Å²) in [7, 11) is 0. The molecule has 1 aromatic rings. The van der Waals surface area contributed by atoms with E-state index >= 15 is 0 Å². The maximum Gasteiger partial charge on any atom is 0.338 e. The zero-order chi connectivity index (χ0) is 14.3. The van der Waals surface area contributed by atoms with Gasteiger partial charge in [-0.3, -0.25) is 4.79 Å². The van der Waals surface area contributed by atoms with Gasteiger partial charge in [0.05, 0.1) is 11.7 Å². The molecule has 0 aliphatic rings. The lowest BCUT2D eigenvalue weighted by Gasteiger charge is -2.08. The van der Waals surface area contributed by atoms with Crippen LogP contribution in [-0.4, -0.2) is 29.8 Å². The average Bonchev–Trinajstić information content (AvgIpc) is 2.36. The number of aliphatic hydroxyl groups is 1. The van der Waals surface area contributed by atoms with Gasteiger partial charge in [0.2, 0.25) is 0 Å². The molecule has 0 heterocycles. The quantitative estimate of drug-likeness (QED) is 0.629. The van der Waals surface area contributed by atoms with E-state index in [1.165, 1.54) is 12.1 Å². The van der Waals surface area contributed by atoms with E-state index in [1.807, 2.05) is 0 Å². The van der Waals surface area contributed by atoms with E-state index in [-0.39, 0.29) is 19.1 Å². The van der Waals surface area contributed by atoms with E-state index in [1.54, 1.807) is 26.0 Å². The van der Waals surface area contributed by atoms with E-state index < -0.39 is 11.9 Å². The van der Waals surface area contributed by atoms with Crippen molar-refractivity contribution in [1.29, 1.82) is 0 Å². The molecular formula is C14H18O5. The number of esters is 2. The number of ether oxygens (including phenoxy) is 2. The Morgan fingerprint density at radius 1 is 1.21 bits per heavy atom. The zero-order valence-corrected chi connectivity index (χ0v) is 11.1. The highest BCUT2D eigenvalue weighted by Crippen LogP contribution is 2.14. The minimum absolute atomic E-state index is 0.0465. The van der Waals surface area contributed by atoms with Gasteiger partial charge in [0.1, 0.15) is 5.75 Å². The van der Waals surface area contributed by atoms with Gasteiger partial charge in [0.15, 0.2) is 0 Å². The van der Waals surface area contributed by atoms with Crippen molar-refractivity contribution < 1.29 is 24.2 Å². The second kappa shape index (κ2) is 7.53. The fourth-order valence-electron chi connectivity index (χ4n) is 1.35. The summed E-state index contributed by atoms with van der Waals surface area (Å²) in [4.78, 5) is 22.9. The number of benzene rings is 1. The zero-order valence-electron chi connectivity index (χ0n) is 11.1. The Labute approximate surface area is 112 Å². The van der Waals surface area contributed by atoms with Crippen LogP contribution in [0, 0.1) is 0 Å². The van der Waals surface area contributed by atoms with Gasteiger partial charge in [-0.2, -0.15) is 0 Å². The third kappa shape index (κ3) is 5.52. The fourth-order valence-corrected chi connectivity index (χ4v) is 1.35. The first-order valence-electron chi connectivity index (χ1n) is 6.15. The summed E-state index contributed by atoms with van der Waals surface area (Å²) < 4.78 is 10.1. The number of aliphatic hydroxyl groups excluding tert-OH is 1. The highest BCUT2D eigenvalue weighted by Gasteiger charge is 2.10. The van der Waals surface area contributed by atoms with Gasteiger partial charge in [-0.1, -0.05) is 0 Å². The smallest absolute Gasteiger partial charge is 0.338 e. The first kappa shape index (κ1) is 15.2. The third-order valence-electron chi connectivity index (χ3n) is 2.20. The average molecular weight is 266 g/mol. The molecule has 0 amide bonds. The first-order chi connectivity index (χ1) is 9.02.